The van der Waals surface area contributed by atoms with Crippen LogP contribution in [0.1, 0.15) is 5.56 Å². The number of benzene rings is 2. The second kappa shape index (κ2) is 10.2. The van der Waals surface area contributed by atoms with Crippen LogP contribution < -0.4 is 4.90 Å². The number of carbonyl (C=O) groups is 2. The van der Waals surface area contributed by atoms with Gasteiger partial charge < -0.3 is 4.74 Å². The van der Waals surface area contributed by atoms with Crippen LogP contribution in [-0.2, 0) is 20.1 Å². The number of thioether (sulfide) groups is 1. The number of halogens is 1. The predicted octanol–water partition coefficient (Wildman–Crippen LogP) is 3.16. The SMILES string of the molecule is N#CCN(C(=O)COC(=O)CSCc1ccc(F)cc1)c1ccccc1. The summed E-state index contributed by atoms with van der Waals surface area (Å²) in [6.45, 7) is -0.549. The molecule has 0 fully saturated rings. The molecule has 134 valence electrons. The minimum Gasteiger partial charge on any atom is -0.455 e. The molecule has 0 bridgehead atoms. The Morgan fingerprint density at radius 1 is 1.12 bits per heavy atom. The fraction of sp³-hybridized carbons (Fsp3) is 0.211. The summed E-state index contributed by atoms with van der Waals surface area (Å²) in [4.78, 5) is 25.3. The van der Waals surface area contributed by atoms with E-state index in [1.165, 1.54) is 28.8 Å². The highest BCUT2D eigenvalue weighted by Gasteiger charge is 2.17. The van der Waals surface area contributed by atoms with E-state index < -0.39 is 18.5 Å². The molecule has 7 heteroatoms. The molecule has 5 nitrogen and oxygen atoms in total. The van der Waals surface area contributed by atoms with Crippen molar-refractivity contribution in [2.75, 3.05) is 23.8 Å². The van der Waals surface area contributed by atoms with Crippen LogP contribution >= 0.6 is 11.8 Å². The molecular weight excluding hydrogens is 355 g/mol. The zero-order chi connectivity index (χ0) is 18.8. The predicted molar refractivity (Wildman–Crippen MR) is 97.9 cm³/mol. The van der Waals surface area contributed by atoms with Gasteiger partial charge in [-0.3, -0.25) is 14.5 Å². The molecule has 0 aliphatic heterocycles. The Labute approximate surface area is 155 Å². The molecular formula is C19H17FN2O3S. The summed E-state index contributed by atoms with van der Waals surface area (Å²) in [5.41, 5.74) is 1.46. The van der Waals surface area contributed by atoms with Crippen LogP contribution in [0.2, 0.25) is 0 Å². The molecule has 0 unspecified atom stereocenters. The van der Waals surface area contributed by atoms with Crippen LogP contribution in [0.3, 0.4) is 0 Å². The first-order valence-corrected chi connectivity index (χ1v) is 8.96. The van der Waals surface area contributed by atoms with E-state index in [0.717, 1.165) is 5.56 Å². The maximum absolute atomic E-state index is 12.8. The molecule has 2 aromatic carbocycles. The van der Waals surface area contributed by atoms with Crippen LogP contribution in [0.25, 0.3) is 0 Å². The number of carbonyl (C=O) groups excluding carboxylic acids is 2. The summed E-state index contributed by atoms with van der Waals surface area (Å²) >= 11 is 1.31. The molecule has 0 atom stereocenters. The molecule has 0 saturated carbocycles. The average molecular weight is 372 g/mol. The number of hydrogen-bond acceptors (Lipinski definition) is 5. The lowest BCUT2D eigenvalue weighted by atomic mass is 10.2. The van der Waals surface area contributed by atoms with Gasteiger partial charge in [-0.25, -0.2) is 4.39 Å². The smallest absolute Gasteiger partial charge is 0.316 e. The van der Waals surface area contributed by atoms with Gasteiger partial charge in [0.2, 0.25) is 0 Å². The molecule has 0 heterocycles. The van der Waals surface area contributed by atoms with Gasteiger partial charge in [-0.2, -0.15) is 5.26 Å². The van der Waals surface area contributed by atoms with Crippen LogP contribution in [-0.4, -0.2) is 30.8 Å². The number of nitriles is 1. The summed E-state index contributed by atoms with van der Waals surface area (Å²) in [6.07, 6.45) is 0. The van der Waals surface area contributed by atoms with E-state index in [2.05, 4.69) is 0 Å². The second-order valence-electron chi connectivity index (χ2n) is 5.25. The van der Waals surface area contributed by atoms with Gasteiger partial charge in [-0.15, -0.1) is 11.8 Å². The molecule has 2 aromatic rings. The molecule has 0 radical (unpaired) electrons. The summed E-state index contributed by atoms with van der Waals surface area (Å²) in [5, 5.41) is 8.89. The lowest BCUT2D eigenvalue weighted by Gasteiger charge is -2.19. The number of para-hydroxylation sites is 1. The standard InChI is InChI=1S/C19H17FN2O3S/c20-16-8-6-15(7-9-16)13-26-14-19(24)25-12-18(23)22(11-10-21)17-4-2-1-3-5-17/h1-9H,11-14H2. The minimum atomic E-state index is -0.518. The van der Waals surface area contributed by atoms with Gasteiger partial charge in [0.05, 0.1) is 11.8 Å². The van der Waals surface area contributed by atoms with Crippen LogP contribution in [0, 0.1) is 17.1 Å². The van der Waals surface area contributed by atoms with Crippen molar-refractivity contribution in [3.8, 4) is 6.07 Å². The maximum Gasteiger partial charge on any atom is 0.316 e. The van der Waals surface area contributed by atoms with E-state index in [9.17, 15) is 14.0 Å². The number of rotatable bonds is 8. The van der Waals surface area contributed by atoms with E-state index >= 15 is 0 Å². The van der Waals surface area contributed by atoms with E-state index in [0.29, 0.717) is 11.4 Å². The van der Waals surface area contributed by atoms with Gasteiger partial charge >= 0.3 is 5.97 Å². The number of nitrogens with zero attached hydrogens (tertiary/aromatic N) is 2. The Kier molecular flexibility index (Phi) is 7.65. The third kappa shape index (κ3) is 6.22. The van der Waals surface area contributed by atoms with Crippen LogP contribution in [0.15, 0.2) is 54.6 Å². The van der Waals surface area contributed by atoms with E-state index in [-0.39, 0.29) is 18.1 Å². The average Bonchev–Trinajstić information content (AvgIpc) is 2.66. The molecule has 1 amide bonds. The normalized spacial score (nSPS) is 10.0. The first-order valence-electron chi connectivity index (χ1n) is 7.80. The molecule has 0 saturated heterocycles. The van der Waals surface area contributed by atoms with Crippen molar-refractivity contribution in [2.24, 2.45) is 0 Å². The Morgan fingerprint density at radius 2 is 1.81 bits per heavy atom. The largest absolute Gasteiger partial charge is 0.455 e. The van der Waals surface area contributed by atoms with Crippen molar-refractivity contribution in [3.63, 3.8) is 0 Å². The zero-order valence-electron chi connectivity index (χ0n) is 13.9. The molecule has 0 aliphatic rings. The first kappa shape index (κ1) is 19.5. The number of hydrogen-bond donors (Lipinski definition) is 0. The highest BCUT2D eigenvalue weighted by molar-refractivity contribution is 7.99. The molecule has 0 aromatic heterocycles. The van der Waals surface area contributed by atoms with Gasteiger partial charge in [0.25, 0.3) is 5.91 Å². The van der Waals surface area contributed by atoms with Gasteiger partial charge in [-0.1, -0.05) is 30.3 Å². The molecule has 26 heavy (non-hydrogen) atoms. The Balaban J connectivity index is 1.77. The fourth-order valence-corrected chi connectivity index (χ4v) is 2.88. The molecule has 0 N–H and O–H groups in total. The van der Waals surface area contributed by atoms with Crippen molar-refractivity contribution < 1.29 is 18.7 Å². The number of amides is 1. The number of ether oxygens (including phenoxy) is 1. The van der Waals surface area contributed by atoms with Crippen LogP contribution in [0.5, 0.6) is 0 Å². The van der Waals surface area contributed by atoms with Crippen molar-refractivity contribution in [1.82, 2.24) is 0 Å². The van der Waals surface area contributed by atoms with Crippen molar-refractivity contribution >= 4 is 29.3 Å². The van der Waals surface area contributed by atoms with Gasteiger partial charge in [0.1, 0.15) is 12.4 Å². The Bertz CT molecular complexity index is 776. The molecule has 0 spiro atoms. The van der Waals surface area contributed by atoms with E-state index in [1.807, 2.05) is 6.07 Å². The highest BCUT2D eigenvalue weighted by atomic mass is 32.2. The summed E-state index contributed by atoms with van der Waals surface area (Å²) < 4.78 is 17.8. The topological polar surface area (TPSA) is 70.4 Å². The third-order valence-electron chi connectivity index (χ3n) is 3.36. The second-order valence-corrected chi connectivity index (χ2v) is 6.24. The number of anilines is 1. The summed E-state index contributed by atoms with van der Waals surface area (Å²) in [5.74, 6) is -0.677. The van der Waals surface area contributed by atoms with Crippen LogP contribution in [0.4, 0.5) is 10.1 Å². The van der Waals surface area contributed by atoms with Crippen molar-refractivity contribution in [2.45, 2.75) is 5.75 Å². The zero-order valence-corrected chi connectivity index (χ0v) is 14.7. The van der Waals surface area contributed by atoms with Gasteiger partial charge in [0.15, 0.2) is 6.61 Å². The number of esters is 1. The van der Waals surface area contributed by atoms with E-state index in [1.54, 1.807) is 42.5 Å². The lowest BCUT2D eigenvalue weighted by Crippen LogP contribution is -2.35. The van der Waals surface area contributed by atoms with Crippen molar-refractivity contribution in [1.29, 1.82) is 5.26 Å². The Morgan fingerprint density at radius 3 is 2.46 bits per heavy atom. The van der Waals surface area contributed by atoms with Gasteiger partial charge in [0, 0.05) is 11.4 Å². The fourth-order valence-electron chi connectivity index (χ4n) is 2.10. The minimum absolute atomic E-state index is 0.0776. The van der Waals surface area contributed by atoms with E-state index in [4.69, 9.17) is 10.00 Å². The van der Waals surface area contributed by atoms with Gasteiger partial charge in [-0.05, 0) is 29.8 Å². The van der Waals surface area contributed by atoms with Crippen molar-refractivity contribution in [3.05, 3.63) is 66.0 Å². The molecule has 2 rings (SSSR count). The summed E-state index contributed by atoms with van der Waals surface area (Å²) in [7, 11) is 0. The quantitative estimate of drug-likeness (QED) is 0.526. The Hall–Kier alpha value is -2.85. The highest BCUT2D eigenvalue weighted by Crippen LogP contribution is 2.14. The lowest BCUT2D eigenvalue weighted by molar-refractivity contribution is -0.145. The first-order chi connectivity index (χ1) is 12.6. The monoisotopic (exact) mass is 372 g/mol. The molecule has 0 aliphatic carbocycles. The maximum atomic E-state index is 12.8. The summed E-state index contributed by atoms with van der Waals surface area (Å²) in [6, 6.07) is 16.7. The third-order valence-corrected chi connectivity index (χ3v) is 4.33.